The Morgan fingerprint density at radius 1 is 0.709 bits per heavy atom. The summed E-state index contributed by atoms with van der Waals surface area (Å²) in [6, 6.07) is -1.03. The van der Waals surface area contributed by atoms with Gasteiger partial charge in [0.15, 0.2) is 6.29 Å². The Morgan fingerprint density at radius 2 is 1.16 bits per heavy atom. The van der Waals surface area contributed by atoms with Crippen LogP contribution in [0.4, 0.5) is 0 Å². The zero-order chi connectivity index (χ0) is 40.7. The molecule has 8 unspecified atom stereocenters. The second kappa shape index (κ2) is 32.7. The van der Waals surface area contributed by atoms with E-state index in [0.29, 0.717) is 19.3 Å². The number of carbonyl (C=O) groups excluding carboxylic acids is 1. The van der Waals surface area contributed by atoms with Crippen LogP contribution in [0.15, 0.2) is 12.2 Å². The van der Waals surface area contributed by atoms with Crippen LogP contribution in [-0.2, 0) is 28.9 Å². The van der Waals surface area contributed by atoms with Crippen molar-refractivity contribution < 1.29 is 57.0 Å². The number of allylic oxidation sites excluding steroid dienone is 2. The average Bonchev–Trinajstić information content (AvgIpc) is 3.15. The molecule has 0 aliphatic carbocycles. The van der Waals surface area contributed by atoms with Crippen LogP contribution in [0.5, 0.6) is 0 Å². The molecule has 1 heterocycles. The number of hydrogen-bond acceptors (Lipinski definition) is 11. The maximum Gasteiger partial charge on any atom is 0.397 e. The number of hydrogen-bond donors (Lipinski definition) is 7. The van der Waals surface area contributed by atoms with Crippen molar-refractivity contribution in [2.24, 2.45) is 0 Å². The number of aliphatic hydroxyl groups is 5. The van der Waals surface area contributed by atoms with Crippen molar-refractivity contribution in [1.82, 2.24) is 5.32 Å². The van der Waals surface area contributed by atoms with Crippen LogP contribution in [0.25, 0.3) is 0 Å². The molecule has 0 bridgehead atoms. The molecule has 1 fully saturated rings. The summed E-state index contributed by atoms with van der Waals surface area (Å²) in [5, 5.41) is 55.0. The molecule has 1 saturated heterocycles. The molecule has 1 aliphatic heterocycles. The molecule has 0 aromatic carbocycles. The Hall–Kier alpha value is -1.20. The fraction of sp³-hybridized carbons (Fsp3) is 0.927. The third-order valence-corrected chi connectivity index (χ3v) is 10.9. The van der Waals surface area contributed by atoms with Crippen molar-refractivity contribution in [3.63, 3.8) is 0 Å². The zero-order valence-electron chi connectivity index (χ0n) is 34.1. The van der Waals surface area contributed by atoms with Crippen LogP contribution in [-0.4, -0.2) is 107 Å². The molecule has 14 heteroatoms. The van der Waals surface area contributed by atoms with Crippen molar-refractivity contribution in [2.75, 3.05) is 13.2 Å². The van der Waals surface area contributed by atoms with E-state index < -0.39 is 78.5 Å². The quantitative estimate of drug-likeness (QED) is 0.0203. The first-order chi connectivity index (χ1) is 26.4. The minimum Gasteiger partial charge on any atom is -0.394 e. The van der Waals surface area contributed by atoms with E-state index >= 15 is 0 Å². The summed E-state index contributed by atoms with van der Waals surface area (Å²) in [4.78, 5) is 13.0. The molecule has 13 nitrogen and oxygen atoms in total. The maximum absolute atomic E-state index is 13.0. The summed E-state index contributed by atoms with van der Waals surface area (Å²) >= 11 is 0. The Labute approximate surface area is 333 Å². The molecule has 1 amide bonds. The van der Waals surface area contributed by atoms with E-state index in [0.717, 1.165) is 70.6 Å². The van der Waals surface area contributed by atoms with Gasteiger partial charge in [0.05, 0.1) is 25.4 Å². The van der Waals surface area contributed by atoms with Gasteiger partial charge in [0.25, 0.3) is 0 Å². The molecular formula is C41H79NO12S. The molecule has 8 atom stereocenters. The summed E-state index contributed by atoms with van der Waals surface area (Å²) in [6.45, 7) is 3.20. The molecule has 0 aromatic heterocycles. The normalized spacial score (nSPS) is 22.2. The van der Waals surface area contributed by atoms with E-state index in [9.17, 15) is 38.7 Å². The molecule has 0 radical (unpaired) electrons. The first kappa shape index (κ1) is 51.8. The van der Waals surface area contributed by atoms with Gasteiger partial charge in [0.1, 0.15) is 30.5 Å². The predicted molar refractivity (Wildman–Crippen MR) is 215 cm³/mol. The van der Waals surface area contributed by atoms with Gasteiger partial charge in [-0.15, -0.1) is 0 Å². The maximum atomic E-state index is 13.0. The fourth-order valence-corrected chi connectivity index (χ4v) is 7.44. The molecule has 0 saturated carbocycles. The van der Waals surface area contributed by atoms with Gasteiger partial charge in [-0.3, -0.25) is 9.35 Å². The summed E-state index contributed by atoms with van der Waals surface area (Å²) < 4.78 is 47.3. The van der Waals surface area contributed by atoms with E-state index in [1.807, 2.05) is 0 Å². The summed E-state index contributed by atoms with van der Waals surface area (Å²) in [6.07, 6.45) is 21.6. The molecule has 0 aromatic rings. The van der Waals surface area contributed by atoms with Gasteiger partial charge in [-0.2, -0.15) is 8.42 Å². The first-order valence-electron chi connectivity index (χ1n) is 21.7. The lowest BCUT2D eigenvalue weighted by Crippen LogP contribution is -2.61. The van der Waals surface area contributed by atoms with Gasteiger partial charge in [-0.05, 0) is 38.5 Å². The van der Waals surface area contributed by atoms with Gasteiger partial charge in [-0.25, -0.2) is 4.18 Å². The van der Waals surface area contributed by atoms with Gasteiger partial charge >= 0.3 is 10.4 Å². The molecule has 7 N–H and O–H groups in total. The van der Waals surface area contributed by atoms with Crippen molar-refractivity contribution in [3.05, 3.63) is 12.2 Å². The highest BCUT2D eigenvalue weighted by atomic mass is 32.3. The lowest BCUT2D eigenvalue weighted by Gasteiger charge is -2.41. The Kier molecular flexibility index (Phi) is 30.8. The molecule has 55 heavy (non-hydrogen) atoms. The highest BCUT2D eigenvalue weighted by molar-refractivity contribution is 7.80. The fourth-order valence-electron chi connectivity index (χ4n) is 6.93. The van der Waals surface area contributed by atoms with E-state index in [1.54, 1.807) is 0 Å². The number of carbonyl (C=O) groups is 1. The number of rotatable bonds is 36. The Bertz CT molecular complexity index is 1060. The summed E-state index contributed by atoms with van der Waals surface area (Å²) in [5.74, 6) is -0.678. The lowest BCUT2D eigenvalue weighted by atomic mass is 9.99. The number of amides is 1. The molecule has 0 spiro atoms. The topological polar surface area (TPSA) is 212 Å². The van der Waals surface area contributed by atoms with E-state index in [2.05, 4.69) is 35.5 Å². The van der Waals surface area contributed by atoms with E-state index in [-0.39, 0.29) is 6.42 Å². The number of nitrogens with one attached hydrogen (secondary N) is 1. The Balaban J connectivity index is 2.48. The van der Waals surface area contributed by atoms with Gasteiger partial charge < -0.3 is 40.3 Å². The zero-order valence-corrected chi connectivity index (χ0v) is 34.9. The number of aliphatic hydroxyl groups excluding tert-OH is 5. The van der Waals surface area contributed by atoms with Crippen molar-refractivity contribution in [3.8, 4) is 0 Å². The van der Waals surface area contributed by atoms with E-state index in [4.69, 9.17) is 14.0 Å². The number of ether oxygens (including phenoxy) is 2. The molecule has 1 rings (SSSR count). The Morgan fingerprint density at radius 3 is 1.64 bits per heavy atom. The van der Waals surface area contributed by atoms with Crippen molar-refractivity contribution in [2.45, 2.75) is 230 Å². The van der Waals surface area contributed by atoms with Gasteiger partial charge in [0.2, 0.25) is 5.91 Å². The largest absolute Gasteiger partial charge is 0.397 e. The van der Waals surface area contributed by atoms with E-state index in [1.165, 1.54) is 70.6 Å². The molecular weight excluding hydrogens is 731 g/mol. The first-order valence-corrected chi connectivity index (χ1v) is 23.0. The smallest absolute Gasteiger partial charge is 0.394 e. The van der Waals surface area contributed by atoms with Crippen LogP contribution in [0.3, 0.4) is 0 Å². The predicted octanol–water partition coefficient (Wildman–Crippen LogP) is 6.58. The van der Waals surface area contributed by atoms with Gasteiger partial charge in [0, 0.05) is 0 Å². The lowest BCUT2D eigenvalue weighted by molar-refractivity contribution is -0.298. The molecule has 326 valence electrons. The SMILES string of the molecule is CCCCCCCCCCC/C=C\CCCCCCCCC(O)C(=O)NC(COC1OC(CO)C(O)C(OS(=O)(=O)O)C1O)C(O)CCCCCCCCC. The van der Waals surface area contributed by atoms with Crippen LogP contribution in [0.2, 0.25) is 0 Å². The second-order valence-electron chi connectivity index (χ2n) is 15.4. The summed E-state index contributed by atoms with van der Waals surface area (Å²) in [5.41, 5.74) is 0. The molecule has 1 aliphatic rings. The third kappa shape index (κ3) is 25.7. The van der Waals surface area contributed by atoms with Crippen molar-refractivity contribution >= 4 is 16.3 Å². The number of unbranched alkanes of at least 4 members (excludes halogenated alkanes) is 21. The van der Waals surface area contributed by atoms with Crippen molar-refractivity contribution in [1.29, 1.82) is 0 Å². The monoisotopic (exact) mass is 810 g/mol. The van der Waals surface area contributed by atoms with Crippen LogP contribution < -0.4 is 5.32 Å². The second-order valence-corrected chi connectivity index (χ2v) is 16.5. The average molecular weight is 810 g/mol. The minimum atomic E-state index is -5.10. The minimum absolute atomic E-state index is 0.254. The van der Waals surface area contributed by atoms with Crippen LogP contribution >= 0.6 is 0 Å². The highest BCUT2D eigenvalue weighted by Crippen LogP contribution is 2.26. The third-order valence-electron chi connectivity index (χ3n) is 10.4. The highest BCUT2D eigenvalue weighted by Gasteiger charge is 2.48. The standard InChI is InChI=1S/C41H79NO12S/c1-3-5-7-9-11-12-13-14-15-16-17-18-19-20-21-22-24-26-28-30-35(45)40(48)42-33(34(44)29-27-25-23-10-8-6-4-2)32-52-41-38(47)39(54-55(49,50)51)37(46)36(31-43)53-41/h17-18,33-39,41,43-47H,3-16,19-32H2,1-2H3,(H,42,48)(H,49,50,51)/b18-17-. The summed E-state index contributed by atoms with van der Waals surface area (Å²) in [7, 11) is -5.10. The van der Waals surface area contributed by atoms with Gasteiger partial charge in [-0.1, -0.05) is 154 Å². The van der Waals surface area contributed by atoms with Crippen LogP contribution in [0, 0.1) is 0 Å². The van der Waals surface area contributed by atoms with Crippen LogP contribution in [0.1, 0.15) is 181 Å².